The molecule has 1 N–H and O–H groups in total. The molecule has 26 heavy (non-hydrogen) atoms. The van der Waals surface area contributed by atoms with E-state index in [-0.39, 0.29) is 11.7 Å². The highest BCUT2D eigenvalue weighted by Crippen LogP contribution is 2.25. The zero-order valence-corrected chi connectivity index (χ0v) is 16.2. The van der Waals surface area contributed by atoms with Crippen molar-refractivity contribution in [2.24, 2.45) is 0 Å². The van der Waals surface area contributed by atoms with Gasteiger partial charge in [-0.05, 0) is 41.1 Å². The number of carbonyl (C=O) groups is 2. The van der Waals surface area contributed by atoms with E-state index in [0.717, 1.165) is 0 Å². The number of benzene rings is 2. The lowest BCUT2D eigenvalue weighted by Gasteiger charge is -2.12. The fourth-order valence-electron chi connectivity index (χ4n) is 2.57. The van der Waals surface area contributed by atoms with E-state index < -0.39 is 0 Å². The highest BCUT2D eigenvalue weighted by molar-refractivity contribution is 9.10. The second-order valence-electron chi connectivity index (χ2n) is 5.50. The van der Waals surface area contributed by atoms with Crippen molar-refractivity contribution in [3.63, 3.8) is 0 Å². The maximum absolute atomic E-state index is 12.8. The molecule has 0 unspecified atom stereocenters. The van der Waals surface area contributed by atoms with E-state index in [0.29, 0.717) is 38.5 Å². The summed E-state index contributed by atoms with van der Waals surface area (Å²) in [5.41, 5.74) is 1.63. The molecule has 0 aliphatic rings. The quantitative estimate of drug-likeness (QED) is 0.589. The predicted octanol–water partition coefficient (Wildman–Crippen LogP) is 4.80. The maximum Gasteiger partial charge on any atom is 0.275 e. The van der Waals surface area contributed by atoms with Crippen LogP contribution in [0.5, 0.6) is 0 Å². The largest absolute Gasteiger partial charge is 0.320 e. The molecule has 0 radical (unpaired) electrons. The molecule has 0 spiro atoms. The molecule has 0 fully saturated rings. The van der Waals surface area contributed by atoms with Gasteiger partial charge >= 0.3 is 0 Å². The summed E-state index contributed by atoms with van der Waals surface area (Å²) in [4.78, 5) is 25.6. The number of hydrogen-bond acceptors (Lipinski definition) is 3. The Bertz CT molecular complexity index is 970. The van der Waals surface area contributed by atoms with Gasteiger partial charge in [-0.3, -0.25) is 14.3 Å². The van der Waals surface area contributed by atoms with Crippen molar-refractivity contribution >= 4 is 44.9 Å². The molecular weight excluding hydrogens is 418 g/mol. The number of nitrogens with one attached hydrogen (secondary N) is 1. The summed E-state index contributed by atoms with van der Waals surface area (Å²) in [6.07, 6.45) is 1.57. The monoisotopic (exact) mass is 431 g/mol. The van der Waals surface area contributed by atoms with Crippen molar-refractivity contribution in [1.82, 2.24) is 9.78 Å². The minimum Gasteiger partial charge on any atom is -0.320 e. The normalized spacial score (nSPS) is 10.6. The van der Waals surface area contributed by atoms with E-state index in [1.54, 1.807) is 53.3 Å². The number of rotatable bonds is 5. The highest BCUT2D eigenvalue weighted by atomic mass is 79.9. The summed E-state index contributed by atoms with van der Waals surface area (Å²) >= 11 is 9.41. The molecule has 1 amide bonds. The molecule has 0 saturated heterocycles. The van der Waals surface area contributed by atoms with E-state index >= 15 is 0 Å². The number of aromatic nitrogens is 2. The Kier molecular flexibility index (Phi) is 5.54. The van der Waals surface area contributed by atoms with Crippen LogP contribution in [0.15, 0.2) is 59.2 Å². The molecule has 0 saturated carbocycles. The number of aryl methyl sites for hydroxylation is 1. The molecule has 3 rings (SSSR count). The molecule has 0 atom stereocenters. The Morgan fingerprint density at radius 1 is 1.19 bits per heavy atom. The van der Waals surface area contributed by atoms with Gasteiger partial charge in [0.2, 0.25) is 0 Å². The minimum atomic E-state index is -0.361. The first-order chi connectivity index (χ1) is 12.5. The van der Waals surface area contributed by atoms with Gasteiger partial charge in [0.15, 0.2) is 5.78 Å². The smallest absolute Gasteiger partial charge is 0.275 e. The van der Waals surface area contributed by atoms with Crippen LogP contribution in [0.2, 0.25) is 5.02 Å². The molecule has 7 heteroatoms. The average molecular weight is 433 g/mol. The zero-order chi connectivity index (χ0) is 18.7. The van der Waals surface area contributed by atoms with Gasteiger partial charge in [0.25, 0.3) is 5.91 Å². The van der Waals surface area contributed by atoms with E-state index in [4.69, 9.17) is 11.6 Å². The minimum absolute atomic E-state index is 0.216. The van der Waals surface area contributed by atoms with Gasteiger partial charge < -0.3 is 5.32 Å². The molecule has 1 heterocycles. The Hall–Kier alpha value is -2.44. The fourth-order valence-corrected chi connectivity index (χ4v) is 3.22. The standard InChI is InChI=1S/C19H15BrClN3O2/c1-2-24-17(15(20)11-22-24)19(26)23-16-9-8-13(21)10-14(16)18(25)12-6-4-3-5-7-12/h3-11H,2H2,1H3,(H,23,26). The number of hydrogen-bond donors (Lipinski definition) is 1. The van der Waals surface area contributed by atoms with Crippen LogP contribution in [0.25, 0.3) is 0 Å². The van der Waals surface area contributed by atoms with Crippen LogP contribution in [-0.4, -0.2) is 21.5 Å². The number of anilines is 1. The van der Waals surface area contributed by atoms with Gasteiger partial charge in [-0.15, -0.1) is 0 Å². The highest BCUT2D eigenvalue weighted by Gasteiger charge is 2.20. The molecule has 132 valence electrons. The van der Waals surface area contributed by atoms with Crippen LogP contribution >= 0.6 is 27.5 Å². The van der Waals surface area contributed by atoms with E-state index in [1.165, 1.54) is 0 Å². The molecule has 0 bridgehead atoms. The summed E-state index contributed by atoms with van der Waals surface area (Å²) in [7, 11) is 0. The topological polar surface area (TPSA) is 64.0 Å². The summed E-state index contributed by atoms with van der Waals surface area (Å²) in [6.45, 7) is 2.44. The summed E-state index contributed by atoms with van der Waals surface area (Å²) in [6, 6.07) is 13.6. The Morgan fingerprint density at radius 3 is 2.62 bits per heavy atom. The van der Waals surface area contributed by atoms with E-state index in [2.05, 4.69) is 26.3 Å². The molecule has 3 aromatic rings. The van der Waals surface area contributed by atoms with Crippen molar-refractivity contribution in [1.29, 1.82) is 0 Å². The van der Waals surface area contributed by atoms with Crippen LogP contribution in [0, 0.1) is 0 Å². The number of carbonyl (C=O) groups excluding carboxylic acids is 2. The van der Waals surface area contributed by atoms with Crippen molar-refractivity contribution < 1.29 is 9.59 Å². The number of ketones is 1. The Morgan fingerprint density at radius 2 is 1.92 bits per heavy atom. The first-order valence-electron chi connectivity index (χ1n) is 7.93. The SMILES string of the molecule is CCn1ncc(Br)c1C(=O)Nc1ccc(Cl)cc1C(=O)c1ccccc1. The van der Waals surface area contributed by atoms with E-state index in [9.17, 15) is 9.59 Å². The molecule has 5 nitrogen and oxygen atoms in total. The van der Waals surface area contributed by atoms with Gasteiger partial charge in [0.05, 0.1) is 16.4 Å². The third-order valence-corrected chi connectivity index (χ3v) is 4.64. The second-order valence-corrected chi connectivity index (χ2v) is 6.79. The molecular formula is C19H15BrClN3O2. The van der Waals surface area contributed by atoms with E-state index in [1.807, 2.05) is 13.0 Å². The molecule has 0 aliphatic heterocycles. The molecule has 1 aromatic heterocycles. The second kappa shape index (κ2) is 7.85. The van der Waals surface area contributed by atoms with Gasteiger partial charge in [0.1, 0.15) is 5.69 Å². The third kappa shape index (κ3) is 3.71. The zero-order valence-electron chi connectivity index (χ0n) is 13.9. The Balaban J connectivity index is 1.97. The number of amides is 1. The Labute approximate surface area is 164 Å². The first-order valence-corrected chi connectivity index (χ1v) is 9.10. The van der Waals surface area contributed by atoms with Crippen molar-refractivity contribution in [3.05, 3.63) is 81.0 Å². The van der Waals surface area contributed by atoms with Gasteiger partial charge in [0, 0.05) is 22.7 Å². The number of nitrogens with zero attached hydrogens (tertiary/aromatic N) is 2. The fraction of sp³-hybridized carbons (Fsp3) is 0.105. The first kappa shape index (κ1) is 18.4. The van der Waals surface area contributed by atoms with Crippen LogP contribution in [0.3, 0.4) is 0 Å². The van der Waals surface area contributed by atoms with Gasteiger partial charge in [-0.25, -0.2) is 0 Å². The van der Waals surface area contributed by atoms with Crippen molar-refractivity contribution in [2.45, 2.75) is 13.5 Å². The van der Waals surface area contributed by atoms with Crippen LogP contribution in [-0.2, 0) is 6.54 Å². The lowest BCUT2D eigenvalue weighted by Crippen LogP contribution is -2.19. The number of halogens is 2. The summed E-state index contributed by atoms with van der Waals surface area (Å²) < 4.78 is 2.16. The third-order valence-electron chi connectivity index (χ3n) is 3.82. The van der Waals surface area contributed by atoms with Crippen molar-refractivity contribution in [3.8, 4) is 0 Å². The predicted molar refractivity (Wildman–Crippen MR) is 105 cm³/mol. The van der Waals surface area contributed by atoms with Gasteiger partial charge in [-0.1, -0.05) is 41.9 Å². The summed E-state index contributed by atoms with van der Waals surface area (Å²) in [5, 5.41) is 7.35. The summed E-state index contributed by atoms with van der Waals surface area (Å²) in [5.74, 6) is -0.577. The van der Waals surface area contributed by atoms with Gasteiger partial charge in [-0.2, -0.15) is 5.10 Å². The molecule has 0 aliphatic carbocycles. The maximum atomic E-state index is 12.8. The van der Waals surface area contributed by atoms with Crippen molar-refractivity contribution in [2.75, 3.05) is 5.32 Å². The molecule has 2 aromatic carbocycles. The van der Waals surface area contributed by atoms with Crippen LogP contribution in [0.4, 0.5) is 5.69 Å². The average Bonchev–Trinajstić information content (AvgIpc) is 3.04. The van der Waals surface area contributed by atoms with Crippen LogP contribution < -0.4 is 5.32 Å². The lowest BCUT2D eigenvalue weighted by atomic mass is 10.0. The lowest BCUT2D eigenvalue weighted by molar-refractivity contribution is 0.101. The van der Waals surface area contributed by atoms with Crippen LogP contribution in [0.1, 0.15) is 33.3 Å².